The van der Waals surface area contributed by atoms with Crippen molar-refractivity contribution in [1.82, 2.24) is 9.80 Å². The number of carbonyl (C=O) groups is 1. The Morgan fingerprint density at radius 3 is 2.43 bits per heavy atom. The molecule has 1 aliphatic rings. The topological polar surface area (TPSA) is 51.2 Å². The van der Waals surface area contributed by atoms with Crippen LogP contribution in [0.25, 0.3) is 0 Å². The van der Waals surface area contributed by atoms with Crippen LogP contribution in [0.15, 0.2) is 48.5 Å². The number of nitrogens with zero attached hydrogens (tertiary/aromatic N) is 2. The molecule has 1 aliphatic heterocycles. The van der Waals surface area contributed by atoms with Gasteiger partial charge in [-0.1, -0.05) is 18.2 Å². The molecular weight excluding hydrogens is 380 g/mol. The number of rotatable bonds is 11. The Balaban J connectivity index is 1.54. The minimum Gasteiger partial charge on any atom is -0.490 e. The molecule has 6 nitrogen and oxygen atoms in total. The summed E-state index contributed by atoms with van der Waals surface area (Å²) in [6.45, 7) is 7.14. The van der Waals surface area contributed by atoms with E-state index in [1.807, 2.05) is 44.3 Å². The van der Waals surface area contributed by atoms with Gasteiger partial charge in [0.15, 0.2) is 11.5 Å². The van der Waals surface area contributed by atoms with Crippen LogP contribution in [0.4, 0.5) is 0 Å². The summed E-state index contributed by atoms with van der Waals surface area (Å²) in [7, 11) is 1.85. The minimum absolute atomic E-state index is 0.00545. The summed E-state index contributed by atoms with van der Waals surface area (Å²) in [6, 6.07) is 15.0. The van der Waals surface area contributed by atoms with Gasteiger partial charge in [0.25, 0.3) is 5.91 Å². The lowest BCUT2D eigenvalue weighted by molar-refractivity contribution is 0.0781. The highest BCUT2D eigenvalue weighted by molar-refractivity contribution is 5.94. The van der Waals surface area contributed by atoms with Crippen LogP contribution >= 0.6 is 0 Å². The van der Waals surface area contributed by atoms with E-state index in [-0.39, 0.29) is 5.91 Å². The summed E-state index contributed by atoms with van der Waals surface area (Å²) in [5, 5.41) is 0. The van der Waals surface area contributed by atoms with Crippen LogP contribution in [0.2, 0.25) is 0 Å². The van der Waals surface area contributed by atoms with Crippen molar-refractivity contribution in [3.05, 3.63) is 54.1 Å². The van der Waals surface area contributed by atoms with E-state index in [1.165, 1.54) is 12.8 Å². The largest absolute Gasteiger partial charge is 0.490 e. The van der Waals surface area contributed by atoms with Crippen LogP contribution in [-0.4, -0.2) is 68.8 Å². The van der Waals surface area contributed by atoms with Crippen LogP contribution in [0.5, 0.6) is 17.2 Å². The molecule has 1 fully saturated rings. The second-order valence-electron chi connectivity index (χ2n) is 7.38. The van der Waals surface area contributed by atoms with Gasteiger partial charge >= 0.3 is 0 Å². The number of amides is 1. The van der Waals surface area contributed by atoms with Gasteiger partial charge < -0.3 is 24.0 Å². The van der Waals surface area contributed by atoms with Gasteiger partial charge in [0, 0.05) is 25.7 Å². The lowest BCUT2D eigenvalue weighted by Gasteiger charge is -2.22. The van der Waals surface area contributed by atoms with E-state index in [9.17, 15) is 4.79 Å². The second-order valence-corrected chi connectivity index (χ2v) is 7.38. The Kier molecular flexibility index (Phi) is 8.39. The monoisotopic (exact) mass is 412 g/mol. The van der Waals surface area contributed by atoms with Gasteiger partial charge in [0.1, 0.15) is 19.0 Å². The number of likely N-dealkylation sites (N-methyl/N-ethyl adjacent to an activating group) is 1. The highest BCUT2D eigenvalue weighted by Crippen LogP contribution is 2.29. The molecule has 0 bridgehead atoms. The Labute approximate surface area is 179 Å². The maximum Gasteiger partial charge on any atom is 0.253 e. The van der Waals surface area contributed by atoms with Crippen molar-refractivity contribution in [2.24, 2.45) is 0 Å². The molecule has 6 heteroatoms. The predicted octanol–water partition coefficient (Wildman–Crippen LogP) is 3.71. The number of hydrogen-bond acceptors (Lipinski definition) is 5. The van der Waals surface area contributed by atoms with E-state index in [4.69, 9.17) is 14.2 Å². The van der Waals surface area contributed by atoms with Gasteiger partial charge in [-0.15, -0.1) is 0 Å². The average molecular weight is 413 g/mol. The molecule has 0 aromatic heterocycles. The number of benzene rings is 2. The summed E-state index contributed by atoms with van der Waals surface area (Å²) < 4.78 is 17.2. The number of hydrogen-bond donors (Lipinski definition) is 0. The van der Waals surface area contributed by atoms with E-state index in [0.29, 0.717) is 36.9 Å². The van der Waals surface area contributed by atoms with Gasteiger partial charge in [-0.05, 0) is 63.2 Å². The lowest BCUT2D eigenvalue weighted by atomic mass is 10.1. The molecule has 0 N–H and O–H groups in total. The van der Waals surface area contributed by atoms with Crippen molar-refractivity contribution in [3.63, 3.8) is 0 Å². The smallest absolute Gasteiger partial charge is 0.253 e. The Bertz CT molecular complexity index is 791. The summed E-state index contributed by atoms with van der Waals surface area (Å²) in [4.78, 5) is 17.0. The van der Waals surface area contributed by atoms with Crippen LogP contribution in [0.1, 0.15) is 30.1 Å². The fourth-order valence-corrected chi connectivity index (χ4v) is 3.48. The molecule has 0 radical (unpaired) electrons. The van der Waals surface area contributed by atoms with E-state index in [1.54, 1.807) is 23.1 Å². The average Bonchev–Trinajstić information content (AvgIpc) is 3.30. The number of carbonyl (C=O) groups excluding carboxylic acids is 1. The van der Waals surface area contributed by atoms with Gasteiger partial charge in [-0.2, -0.15) is 0 Å². The Morgan fingerprint density at radius 1 is 0.967 bits per heavy atom. The minimum atomic E-state index is -0.00545. The molecule has 2 aromatic carbocycles. The molecular formula is C24H32N2O4. The van der Waals surface area contributed by atoms with Crippen LogP contribution in [0.3, 0.4) is 0 Å². The van der Waals surface area contributed by atoms with E-state index < -0.39 is 0 Å². The Morgan fingerprint density at radius 2 is 1.70 bits per heavy atom. The summed E-state index contributed by atoms with van der Waals surface area (Å²) in [5.41, 5.74) is 0.607. The SMILES string of the molecule is CCOc1cc(C(=O)N(C)CCN2CCCC2)ccc1OCCOc1ccccc1. The van der Waals surface area contributed by atoms with E-state index in [0.717, 1.165) is 31.9 Å². The van der Waals surface area contributed by atoms with Crippen molar-refractivity contribution in [2.75, 3.05) is 53.0 Å². The first kappa shape index (κ1) is 22.0. The molecule has 0 atom stereocenters. The van der Waals surface area contributed by atoms with Gasteiger partial charge in [0.2, 0.25) is 0 Å². The first-order chi connectivity index (χ1) is 14.7. The first-order valence-electron chi connectivity index (χ1n) is 10.7. The maximum atomic E-state index is 12.8. The molecule has 162 valence electrons. The Hall–Kier alpha value is -2.73. The summed E-state index contributed by atoms with van der Waals surface area (Å²) >= 11 is 0. The zero-order valence-electron chi connectivity index (χ0n) is 18.0. The molecule has 3 rings (SSSR count). The van der Waals surface area contributed by atoms with Crippen LogP contribution in [-0.2, 0) is 0 Å². The molecule has 0 saturated carbocycles. The standard InChI is InChI=1S/C24H32N2O4/c1-3-28-23-19-20(24(27)25(2)15-16-26-13-7-8-14-26)11-12-22(23)30-18-17-29-21-9-5-4-6-10-21/h4-6,9-12,19H,3,7-8,13-18H2,1-2H3. The number of likely N-dealkylation sites (tertiary alicyclic amines) is 1. The zero-order chi connectivity index (χ0) is 21.2. The van der Waals surface area contributed by atoms with Gasteiger partial charge in [-0.3, -0.25) is 4.79 Å². The predicted molar refractivity (Wildman–Crippen MR) is 118 cm³/mol. The zero-order valence-corrected chi connectivity index (χ0v) is 18.0. The summed E-state index contributed by atoms with van der Waals surface area (Å²) in [5.74, 6) is 2.00. The van der Waals surface area contributed by atoms with Gasteiger partial charge in [-0.25, -0.2) is 0 Å². The van der Waals surface area contributed by atoms with Crippen LogP contribution in [0, 0.1) is 0 Å². The summed E-state index contributed by atoms with van der Waals surface area (Å²) in [6.07, 6.45) is 2.51. The third kappa shape index (κ3) is 6.39. The molecule has 0 spiro atoms. The van der Waals surface area contributed by atoms with Crippen molar-refractivity contribution in [2.45, 2.75) is 19.8 Å². The second kappa shape index (κ2) is 11.5. The van der Waals surface area contributed by atoms with Gasteiger partial charge in [0.05, 0.1) is 6.61 Å². The highest BCUT2D eigenvalue weighted by atomic mass is 16.5. The third-order valence-electron chi connectivity index (χ3n) is 5.14. The maximum absolute atomic E-state index is 12.8. The molecule has 30 heavy (non-hydrogen) atoms. The number of ether oxygens (including phenoxy) is 3. The molecule has 1 saturated heterocycles. The highest BCUT2D eigenvalue weighted by Gasteiger charge is 2.17. The molecule has 1 amide bonds. The lowest BCUT2D eigenvalue weighted by Crippen LogP contribution is -2.35. The first-order valence-corrected chi connectivity index (χ1v) is 10.7. The fourth-order valence-electron chi connectivity index (χ4n) is 3.48. The molecule has 0 unspecified atom stereocenters. The quantitative estimate of drug-likeness (QED) is 0.527. The van der Waals surface area contributed by atoms with Crippen LogP contribution < -0.4 is 14.2 Å². The third-order valence-corrected chi connectivity index (χ3v) is 5.14. The molecule has 0 aliphatic carbocycles. The number of para-hydroxylation sites is 1. The molecule has 1 heterocycles. The van der Waals surface area contributed by atoms with E-state index >= 15 is 0 Å². The normalized spacial score (nSPS) is 13.8. The van der Waals surface area contributed by atoms with Crippen molar-refractivity contribution in [1.29, 1.82) is 0 Å². The fraction of sp³-hybridized carbons (Fsp3) is 0.458. The van der Waals surface area contributed by atoms with E-state index in [2.05, 4.69) is 4.90 Å². The molecule has 2 aromatic rings. The van der Waals surface area contributed by atoms with Crippen molar-refractivity contribution >= 4 is 5.91 Å². The van der Waals surface area contributed by atoms with Crippen molar-refractivity contribution < 1.29 is 19.0 Å². The van der Waals surface area contributed by atoms with Crippen molar-refractivity contribution in [3.8, 4) is 17.2 Å².